The molecule has 0 aromatic heterocycles. The predicted octanol–water partition coefficient (Wildman–Crippen LogP) is 3.76. The fourth-order valence-corrected chi connectivity index (χ4v) is 3.80. The van der Waals surface area contributed by atoms with Crippen LogP contribution in [0.15, 0.2) is 24.3 Å². The number of likely N-dealkylation sites (N-methyl/N-ethyl adjacent to an activating group) is 1. The molecule has 0 bridgehead atoms. The number of hydrogen-bond donors (Lipinski definition) is 1. The number of hydrogen-bond acceptors (Lipinski definition) is 2. The zero-order valence-electron chi connectivity index (χ0n) is 13.5. The topological polar surface area (TPSA) is 29.3 Å². The molecule has 0 radical (unpaired) electrons. The van der Waals surface area contributed by atoms with E-state index in [0.29, 0.717) is 0 Å². The molecule has 3 atom stereocenters. The molecular formula is C18H30N2. The van der Waals surface area contributed by atoms with Gasteiger partial charge in [-0.2, -0.15) is 0 Å². The Hall–Kier alpha value is -0.860. The van der Waals surface area contributed by atoms with E-state index in [4.69, 9.17) is 5.73 Å². The summed E-state index contributed by atoms with van der Waals surface area (Å²) < 4.78 is 0. The third-order valence-electron chi connectivity index (χ3n) is 5.23. The van der Waals surface area contributed by atoms with Gasteiger partial charge in [-0.05, 0) is 50.4 Å². The van der Waals surface area contributed by atoms with Crippen LogP contribution in [0.5, 0.6) is 0 Å². The largest absolute Gasteiger partial charge is 0.322 e. The van der Waals surface area contributed by atoms with Crippen molar-refractivity contribution in [2.75, 3.05) is 14.1 Å². The molecule has 1 saturated carbocycles. The summed E-state index contributed by atoms with van der Waals surface area (Å²) in [4.78, 5) is 2.38. The van der Waals surface area contributed by atoms with Crippen molar-refractivity contribution in [1.29, 1.82) is 0 Å². The Morgan fingerprint density at radius 3 is 2.45 bits per heavy atom. The Bertz CT molecular complexity index is 424. The second-order valence-corrected chi connectivity index (χ2v) is 6.77. The molecule has 1 fully saturated rings. The van der Waals surface area contributed by atoms with Gasteiger partial charge in [-0.15, -0.1) is 0 Å². The third kappa shape index (κ3) is 2.91. The molecule has 2 heteroatoms. The molecule has 1 aliphatic carbocycles. The zero-order chi connectivity index (χ0) is 14.8. The summed E-state index contributed by atoms with van der Waals surface area (Å²) in [6.45, 7) is 4.56. The normalized spacial score (nSPS) is 28.6. The second kappa shape index (κ2) is 6.28. The van der Waals surface area contributed by atoms with Gasteiger partial charge < -0.3 is 10.6 Å². The Balaban J connectivity index is 2.28. The van der Waals surface area contributed by atoms with Crippen LogP contribution >= 0.6 is 0 Å². The van der Waals surface area contributed by atoms with E-state index in [0.717, 1.165) is 12.3 Å². The summed E-state index contributed by atoms with van der Waals surface area (Å²) in [5.41, 5.74) is 9.50. The minimum absolute atomic E-state index is 0.103. The lowest BCUT2D eigenvalue weighted by molar-refractivity contribution is 0.0499. The molecule has 20 heavy (non-hydrogen) atoms. The number of nitrogens with zero attached hydrogens (tertiary/aromatic N) is 1. The van der Waals surface area contributed by atoms with Gasteiger partial charge >= 0.3 is 0 Å². The zero-order valence-corrected chi connectivity index (χ0v) is 13.5. The van der Waals surface area contributed by atoms with E-state index in [9.17, 15) is 0 Å². The Morgan fingerprint density at radius 1 is 1.30 bits per heavy atom. The molecule has 3 unspecified atom stereocenters. The summed E-state index contributed by atoms with van der Waals surface area (Å²) in [7, 11) is 4.39. The van der Waals surface area contributed by atoms with Crippen molar-refractivity contribution in [2.24, 2.45) is 11.7 Å². The fraction of sp³-hybridized carbons (Fsp3) is 0.667. The number of benzene rings is 1. The maximum atomic E-state index is 6.72. The molecule has 1 aromatic carbocycles. The van der Waals surface area contributed by atoms with Gasteiger partial charge in [0.2, 0.25) is 0 Å². The molecule has 0 aliphatic heterocycles. The van der Waals surface area contributed by atoms with Gasteiger partial charge in [0.05, 0.1) is 0 Å². The number of aryl methyl sites for hydroxylation is 1. The van der Waals surface area contributed by atoms with E-state index >= 15 is 0 Å². The van der Waals surface area contributed by atoms with Crippen LogP contribution in [0.25, 0.3) is 0 Å². The van der Waals surface area contributed by atoms with E-state index in [2.05, 4.69) is 57.1 Å². The lowest BCUT2D eigenvalue weighted by Gasteiger charge is -2.49. The van der Waals surface area contributed by atoms with Crippen molar-refractivity contribution in [3.8, 4) is 0 Å². The average Bonchev–Trinajstić information content (AvgIpc) is 2.46. The molecule has 1 aromatic rings. The summed E-state index contributed by atoms with van der Waals surface area (Å²) in [5.74, 6) is 0.770. The van der Waals surface area contributed by atoms with Gasteiger partial charge in [0, 0.05) is 11.6 Å². The van der Waals surface area contributed by atoms with Crippen molar-refractivity contribution < 1.29 is 0 Å². The Labute approximate surface area is 124 Å². The fourth-order valence-electron chi connectivity index (χ4n) is 3.80. The van der Waals surface area contributed by atoms with Crippen molar-refractivity contribution >= 4 is 0 Å². The number of nitrogens with two attached hydrogens (primary N) is 1. The van der Waals surface area contributed by atoms with Crippen molar-refractivity contribution in [2.45, 2.75) is 57.5 Å². The highest BCUT2D eigenvalue weighted by atomic mass is 15.2. The van der Waals surface area contributed by atoms with Crippen LogP contribution in [0.2, 0.25) is 0 Å². The highest BCUT2D eigenvalue weighted by Gasteiger charge is 2.42. The maximum Gasteiger partial charge on any atom is 0.0482 e. The highest BCUT2D eigenvalue weighted by Crippen LogP contribution is 2.42. The Kier molecular flexibility index (Phi) is 4.87. The van der Waals surface area contributed by atoms with Crippen LogP contribution in [-0.4, -0.2) is 24.5 Å². The lowest BCUT2D eigenvalue weighted by Crippen LogP contribution is -2.54. The lowest BCUT2D eigenvalue weighted by atomic mass is 9.70. The molecule has 0 spiro atoms. The minimum atomic E-state index is 0.103. The molecule has 2 nitrogen and oxygen atoms in total. The van der Waals surface area contributed by atoms with Gasteiger partial charge in [0.1, 0.15) is 0 Å². The summed E-state index contributed by atoms with van der Waals surface area (Å²) in [5, 5.41) is 0. The quantitative estimate of drug-likeness (QED) is 0.906. The van der Waals surface area contributed by atoms with E-state index in [1.807, 2.05) is 0 Å². The van der Waals surface area contributed by atoms with Crippen LogP contribution in [0, 0.1) is 5.92 Å². The highest BCUT2D eigenvalue weighted by molar-refractivity contribution is 5.28. The van der Waals surface area contributed by atoms with Gasteiger partial charge in [0.25, 0.3) is 0 Å². The smallest absolute Gasteiger partial charge is 0.0482 e. The first-order valence-electron chi connectivity index (χ1n) is 8.01. The van der Waals surface area contributed by atoms with Crippen LogP contribution < -0.4 is 5.73 Å². The first kappa shape index (κ1) is 15.5. The van der Waals surface area contributed by atoms with E-state index < -0.39 is 0 Å². The molecule has 0 saturated heterocycles. The van der Waals surface area contributed by atoms with Crippen LogP contribution in [-0.2, 0) is 6.42 Å². The maximum absolute atomic E-state index is 6.72. The van der Waals surface area contributed by atoms with E-state index in [1.165, 1.54) is 36.8 Å². The van der Waals surface area contributed by atoms with Crippen molar-refractivity contribution in [3.05, 3.63) is 35.4 Å². The summed E-state index contributed by atoms with van der Waals surface area (Å²) in [6, 6.07) is 9.02. The first-order chi connectivity index (χ1) is 9.49. The van der Waals surface area contributed by atoms with Gasteiger partial charge in [-0.25, -0.2) is 0 Å². The molecule has 0 amide bonds. The molecule has 2 rings (SSSR count). The Morgan fingerprint density at radius 2 is 1.95 bits per heavy atom. The predicted molar refractivity (Wildman–Crippen MR) is 86.8 cm³/mol. The monoisotopic (exact) mass is 274 g/mol. The standard InChI is InChI=1S/C18H30N2/c1-5-15-8-10-16(11-9-15)17(19)18(20(3)4)12-6-7-14(2)13-18/h8-11,14,17H,5-7,12-13,19H2,1-4H3. The van der Waals surface area contributed by atoms with Gasteiger partial charge in [-0.3, -0.25) is 0 Å². The molecule has 0 heterocycles. The van der Waals surface area contributed by atoms with E-state index in [-0.39, 0.29) is 11.6 Å². The van der Waals surface area contributed by atoms with Crippen molar-refractivity contribution in [1.82, 2.24) is 4.90 Å². The molecule has 1 aliphatic rings. The number of rotatable bonds is 4. The van der Waals surface area contributed by atoms with E-state index in [1.54, 1.807) is 0 Å². The van der Waals surface area contributed by atoms with Gasteiger partial charge in [-0.1, -0.05) is 51.0 Å². The molecule has 112 valence electrons. The third-order valence-corrected chi connectivity index (χ3v) is 5.23. The molecular weight excluding hydrogens is 244 g/mol. The average molecular weight is 274 g/mol. The summed E-state index contributed by atoms with van der Waals surface area (Å²) >= 11 is 0. The minimum Gasteiger partial charge on any atom is -0.322 e. The summed E-state index contributed by atoms with van der Waals surface area (Å²) in [6.07, 6.45) is 6.14. The van der Waals surface area contributed by atoms with Crippen molar-refractivity contribution in [3.63, 3.8) is 0 Å². The van der Waals surface area contributed by atoms with Crippen LogP contribution in [0.4, 0.5) is 0 Å². The van der Waals surface area contributed by atoms with Gasteiger partial charge in [0.15, 0.2) is 0 Å². The SMILES string of the molecule is CCc1ccc(C(N)C2(N(C)C)CCCC(C)C2)cc1. The first-order valence-corrected chi connectivity index (χ1v) is 8.01. The molecule has 2 N–H and O–H groups in total. The van der Waals surface area contributed by atoms with Crippen LogP contribution in [0.3, 0.4) is 0 Å². The van der Waals surface area contributed by atoms with Crippen LogP contribution in [0.1, 0.15) is 56.7 Å². The second-order valence-electron chi connectivity index (χ2n) is 6.77.